The second kappa shape index (κ2) is 7.16. The summed E-state index contributed by atoms with van der Waals surface area (Å²) in [6.07, 6.45) is -0.00840. The van der Waals surface area contributed by atoms with E-state index in [1.807, 2.05) is 6.07 Å². The van der Waals surface area contributed by atoms with Gasteiger partial charge < -0.3 is 30.4 Å². The molecule has 0 bridgehead atoms. The minimum Gasteiger partial charge on any atom is -0.494 e. The Kier molecular flexibility index (Phi) is 4.82. The molecule has 2 saturated heterocycles. The maximum atomic E-state index is 11.1. The van der Waals surface area contributed by atoms with E-state index in [0.717, 1.165) is 5.69 Å². The molecule has 0 aliphatic carbocycles. The van der Waals surface area contributed by atoms with Crippen molar-refractivity contribution >= 4 is 22.4 Å². The summed E-state index contributed by atoms with van der Waals surface area (Å²) in [7, 11) is 0. The smallest absolute Gasteiger partial charge is 0.306 e. The molecule has 2 fully saturated rings. The molecule has 9 nitrogen and oxygen atoms in total. The number of rotatable bonds is 3. The Morgan fingerprint density at radius 2 is 1.68 bits per heavy atom. The maximum absolute atomic E-state index is 11.1. The number of aliphatic hydroxyl groups excluding tert-OH is 2. The first-order valence-electron chi connectivity index (χ1n) is 9.52. The predicted octanol–water partition coefficient (Wildman–Crippen LogP) is 0.915. The number of aromatic nitrogens is 1. The van der Waals surface area contributed by atoms with E-state index in [1.54, 1.807) is 12.1 Å². The number of hydrogen-bond acceptors (Lipinski definition) is 7. The Morgan fingerprint density at radius 1 is 1.00 bits per heavy atom. The predicted molar refractivity (Wildman–Crippen MR) is 101 cm³/mol. The van der Waals surface area contributed by atoms with Crippen molar-refractivity contribution in [3.8, 4) is 11.8 Å². The zero-order chi connectivity index (χ0) is 20.0. The number of aromatic hydroxyl groups is 2. The van der Waals surface area contributed by atoms with Crippen molar-refractivity contribution in [2.75, 3.05) is 18.0 Å². The number of benzene rings is 1. The molecule has 152 valence electrons. The first-order valence-corrected chi connectivity index (χ1v) is 9.52. The number of nitrogens with one attached hydrogen (secondary N) is 1. The number of piperidine rings is 2. The van der Waals surface area contributed by atoms with Crippen molar-refractivity contribution in [1.82, 2.24) is 9.88 Å². The van der Waals surface area contributed by atoms with Crippen LogP contribution in [0.5, 0.6) is 11.8 Å². The van der Waals surface area contributed by atoms with Crippen molar-refractivity contribution in [3.05, 3.63) is 18.2 Å². The lowest BCUT2D eigenvalue weighted by Gasteiger charge is -2.33. The molecule has 3 atom stereocenters. The normalized spacial score (nSPS) is 26.6. The van der Waals surface area contributed by atoms with Crippen LogP contribution in [0.2, 0.25) is 0 Å². The van der Waals surface area contributed by atoms with Crippen LogP contribution in [0.15, 0.2) is 18.2 Å². The van der Waals surface area contributed by atoms with Gasteiger partial charge in [-0.3, -0.25) is 14.7 Å². The first kappa shape index (κ1) is 18.9. The van der Waals surface area contributed by atoms with Crippen LogP contribution in [0.3, 0.4) is 0 Å². The lowest BCUT2D eigenvalue weighted by molar-refractivity contribution is -0.142. The van der Waals surface area contributed by atoms with Gasteiger partial charge in [-0.25, -0.2) is 0 Å². The molecule has 2 aliphatic heterocycles. The fourth-order valence-electron chi connectivity index (χ4n) is 4.32. The van der Waals surface area contributed by atoms with Crippen molar-refractivity contribution in [2.24, 2.45) is 5.92 Å². The number of nitrogens with zero attached hydrogens (tertiary/aromatic N) is 2. The van der Waals surface area contributed by atoms with Crippen LogP contribution in [0.4, 0.5) is 5.69 Å². The Bertz CT molecular complexity index is 889. The second-order valence-corrected chi connectivity index (χ2v) is 7.62. The van der Waals surface area contributed by atoms with Gasteiger partial charge in [-0.1, -0.05) is 0 Å². The summed E-state index contributed by atoms with van der Waals surface area (Å²) in [4.78, 5) is 13.2. The van der Waals surface area contributed by atoms with Crippen LogP contribution in [-0.4, -0.2) is 61.6 Å². The summed E-state index contributed by atoms with van der Waals surface area (Å²) in [5.41, 5.74) is 0.849. The van der Waals surface area contributed by atoms with Gasteiger partial charge >= 0.3 is 5.97 Å². The fourth-order valence-corrected chi connectivity index (χ4v) is 4.32. The maximum Gasteiger partial charge on any atom is 0.306 e. The topological polar surface area (TPSA) is 138 Å². The molecule has 2 aromatic rings. The molecule has 1 aromatic heterocycles. The fraction of sp³-hybridized carbons (Fsp3) is 0.526. The van der Waals surface area contributed by atoms with Crippen LogP contribution >= 0.6 is 0 Å². The van der Waals surface area contributed by atoms with Gasteiger partial charge in [0.25, 0.3) is 0 Å². The summed E-state index contributed by atoms with van der Waals surface area (Å²) < 4.78 is 1.30. The summed E-state index contributed by atoms with van der Waals surface area (Å²) in [5, 5.41) is 53.9. The largest absolute Gasteiger partial charge is 0.494 e. The van der Waals surface area contributed by atoms with Gasteiger partial charge in [-0.15, -0.1) is 0 Å². The Morgan fingerprint density at radius 3 is 2.32 bits per heavy atom. The van der Waals surface area contributed by atoms with Crippen molar-refractivity contribution in [1.29, 1.82) is 0 Å². The van der Waals surface area contributed by atoms with E-state index < -0.39 is 24.5 Å². The van der Waals surface area contributed by atoms with Gasteiger partial charge in [0.2, 0.25) is 11.8 Å². The molecule has 1 aromatic carbocycles. The summed E-state index contributed by atoms with van der Waals surface area (Å²) >= 11 is 0. The average Bonchev–Trinajstić information content (AvgIpc) is 2.92. The molecule has 3 unspecified atom stereocenters. The van der Waals surface area contributed by atoms with Crippen molar-refractivity contribution < 1.29 is 30.3 Å². The van der Waals surface area contributed by atoms with Crippen LogP contribution in [0, 0.1) is 5.92 Å². The lowest BCUT2D eigenvalue weighted by atomic mass is 9.96. The molecular formula is C19H25N3O6. The highest BCUT2D eigenvalue weighted by atomic mass is 16.4. The van der Waals surface area contributed by atoms with Gasteiger partial charge in [0.05, 0.1) is 12.0 Å². The number of carboxylic acid groups (broad SMARTS) is 1. The minimum absolute atomic E-state index is 0.133. The number of aliphatic carboxylic acids is 1. The van der Waals surface area contributed by atoms with E-state index in [9.17, 15) is 25.2 Å². The minimum atomic E-state index is -1.10. The van der Waals surface area contributed by atoms with Gasteiger partial charge in [0.1, 0.15) is 12.5 Å². The van der Waals surface area contributed by atoms with E-state index in [0.29, 0.717) is 49.5 Å². The number of hydrogen-bond donors (Lipinski definition) is 6. The number of carboxylic acids is 1. The highest BCUT2D eigenvalue weighted by Crippen LogP contribution is 2.43. The molecule has 0 amide bonds. The van der Waals surface area contributed by atoms with E-state index in [4.69, 9.17) is 5.11 Å². The molecular weight excluding hydrogens is 366 g/mol. The molecule has 0 spiro atoms. The molecule has 4 rings (SSSR count). The first-order chi connectivity index (χ1) is 13.4. The van der Waals surface area contributed by atoms with Crippen LogP contribution in [0.25, 0.3) is 10.8 Å². The SMILES string of the molecule is O=C(O)C1CCN(c2ccc3c(O)n(C4CCC(O)NC4O)c(O)c3c2)CC1. The van der Waals surface area contributed by atoms with E-state index >= 15 is 0 Å². The quantitative estimate of drug-likeness (QED) is 0.454. The van der Waals surface area contributed by atoms with E-state index in [2.05, 4.69) is 10.2 Å². The molecule has 2 aliphatic rings. The molecule has 0 radical (unpaired) electrons. The van der Waals surface area contributed by atoms with Crippen LogP contribution in [0.1, 0.15) is 31.7 Å². The third-order valence-electron chi connectivity index (χ3n) is 5.95. The van der Waals surface area contributed by atoms with Gasteiger partial charge in [-0.2, -0.15) is 0 Å². The third kappa shape index (κ3) is 3.15. The summed E-state index contributed by atoms with van der Waals surface area (Å²) in [6.45, 7) is 1.22. The molecule has 3 heterocycles. The van der Waals surface area contributed by atoms with Gasteiger partial charge in [0, 0.05) is 29.5 Å². The Labute approximate surface area is 161 Å². The van der Waals surface area contributed by atoms with Gasteiger partial charge in [-0.05, 0) is 43.9 Å². The zero-order valence-electron chi connectivity index (χ0n) is 15.3. The monoisotopic (exact) mass is 391 g/mol. The van der Waals surface area contributed by atoms with Crippen LogP contribution < -0.4 is 10.2 Å². The Hall–Kier alpha value is -2.49. The van der Waals surface area contributed by atoms with Crippen LogP contribution in [-0.2, 0) is 4.79 Å². The van der Waals surface area contributed by atoms with Crippen molar-refractivity contribution in [3.63, 3.8) is 0 Å². The van der Waals surface area contributed by atoms with E-state index in [1.165, 1.54) is 4.57 Å². The molecule has 6 N–H and O–H groups in total. The molecule has 9 heteroatoms. The summed E-state index contributed by atoms with van der Waals surface area (Å²) in [6, 6.07) is 4.73. The standard InChI is InChI=1S/C19H25N3O6/c23-15-4-3-14(16(24)20-15)22-17(25)12-2-1-11(9-13(12)18(22)26)21-7-5-10(6-8-21)19(27)28/h1-2,9-10,14-16,20,23-26H,3-8H2,(H,27,28). The molecule has 0 saturated carbocycles. The third-order valence-corrected chi connectivity index (χ3v) is 5.95. The summed E-state index contributed by atoms with van der Waals surface area (Å²) in [5.74, 6) is -1.36. The molecule has 28 heavy (non-hydrogen) atoms. The lowest BCUT2D eigenvalue weighted by Crippen LogP contribution is -2.47. The number of anilines is 1. The number of aliphatic hydroxyl groups is 2. The Balaban J connectivity index is 1.64. The second-order valence-electron chi connectivity index (χ2n) is 7.62. The van der Waals surface area contributed by atoms with Crippen molar-refractivity contribution in [2.45, 2.75) is 44.2 Å². The highest BCUT2D eigenvalue weighted by molar-refractivity contribution is 5.95. The number of fused-ring (bicyclic) bond motifs is 1. The average molecular weight is 391 g/mol. The van der Waals surface area contributed by atoms with Gasteiger partial charge in [0.15, 0.2) is 0 Å². The van der Waals surface area contributed by atoms with E-state index in [-0.39, 0.29) is 17.7 Å². The number of carbonyl (C=O) groups is 1. The zero-order valence-corrected chi connectivity index (χ0v) is 15.3. The highest BCUT2D eigenvalue weighted by Gasteiger charge is 2.33.